The first-order valence-electron chi connectivity index (χ1n) is 10.7. The molecule has 4 bridgehead atoms. The van der Waals surface area contributed by atoms with Crippen molar-refractivity contribution in [3.8, 4) is 6.07 Å². The minimum absolute atomic E-state index is 0.115. The van der Waals surface area contributed by atoms with Gasteiger partial charge in [-0.2, -0.15) is 5.26 Å². The maximum atomic E-state index is 13.3. The molecule has 2 amide bonds. The molecule has 0 atom stereocenters. The predicted molar refractivity (Wildman–Crippen MR) is 104 cm³/mol. The van der Waals surface area contributed by atoms with E-state index in [1.807, 2.05) is 0 Å². The second kappa shape index (κ2) is 6.10. The van der Waals surface area contributed by atoms with Gasteiger partial charge in [0.1, 0.15) is 5.52 Å². The molecule has 8 heteroatoms. The van der Waals surface area contributed by atoms with Crippen LogP contribution in [0.15, 0.2) is 28.7 Å². The second-order valence-corrected chi connectivity index (χ2v) is 9.41. The molecule has 2 aromatic rings. The topological polar surface area (TPSA) is 121 Å². The summed E-state index contributed by atoms with van der Waals surface area (Å²) in [5.74, 6) is -3.78. The fourth-order valence-electron chi connectivity index (χ4n) is 6.70. The molecule has 8 nitrogen and oxygen atoms in total. The number of nitrogens with zero attached hydrogens (tertiary/aromatic N) is 3. The van der Waals surface area contributed by atoms with E-state index in [9.17, 15) is 24.4 Å². The average molecular weight is 417 g/mol. The SMILES string of the molecule is N#CC1(c2nc3ccccc3o2)C(=O)C(=O)N(C2C3CC4CC(C3)CC2C4)C(=O)C1=O. The number of hydrogen-bond acceptors (Lipinski definition) is 7. The molecule has 1 aromatic carbocycles. The number of carbonyl (C=O) groups excluding carboxylic acids is 4. The summed E-state index contributed by atoms with van der Waals surface area (Å²) < 4.78 is 5.52. The van der Waals surface area contributed by atoms with Crippen molar-refractivity contribution < 1.29 is 23.6 Å². The first-order valence-corrected chi connectivity index (χ1v) is 10.7. The van der Waals surface area contributed by atoms with Crippen LogP contribution in [0.2, 0.25) is 0 Å². The number of piperidine rings is 1. The number of hydrogen-bond donors (Lipinski definition) is 0. The number of imide groups is 1. The standard InChI is InChI=1S/C23H19N3O5/c24-10-23(22-25-15-3-1-2-4-16(15)31-22)18(27)20(29)26(21(30)19(23)28)17-13-6-11-5-12(8-13)9-14(17)7-11/h1-4,11-14,17H,5-9H2. The lowest BCUT2D eigenvalue weighted by atomic mass is 9.53. The Morgan fingerprint density at radius 2 is 1.52 bits per heavy atom. The number of Topliss-reactive ketones (excluding diaryl/α,β-unsaturated/α-hetero) is 2. The van der Waals surface area contributed by atoms with Gasteiger partial charge in [-0.1, -0.05) is 12.1 Å². The number of likely N-dealkylation sites (tertiary alicyclic amines) is 1. The van der Waals surface area contributed by atoms with Crippen molar-refractivity contribution in [2.75, 3.05) is 0 Å². The lowest BCUT2D eigenvalue weighted by Crippen LogP contribution is -2.69. The third-order valence-electron chi connectivity index (χ3n) is 7.76. The molecule has 5 fully saturated rings. The van der Waals surface area contributed by atoms with Gasteiger partial charge in [-0.05, 0) is 67.9 Å². The van der Waals surface area contributed by atoms with Crippen LogP contribution in [0.5, 0.6) is 0 Å². The molecular formula is C23H19N3O5. The summed E-state index contributed by atoms with van der Waals surface area (Å²) in [6.45, 7) is 0. The molecule has 1 aromatic heterocycles. The van der Waals surface area contributed by atoms with Gasteiger partial charge >= 0.3 is 0 Å². The highest BCUT2D eigenvalue weighted by Gasteiger charge is 2.66. The minimum atomic E-state index is -2.67. The molecule has 7 rings (SSSR count). The molecule has 1 aliphatic heterocycles. The van der Waals surface area contributed by atoms with Crippen LogP contribution in [0.25, 0.3) is 11.1 Å². The van der Waals surface area contributed by atoms with Gasteiger partial charge in [-0.15, -0.1) is 0 Å². The van der Waals surface area contributed by atoms with Crippen LogP contribution in [0, 0.1) is 35.0 Å². The van der Waals surface area contributed by atoms with E-state index >= 15 is 0 Å². The number of aromatic nitrogens is 1. The van der Waals surface area contributed by atoms with Crippen molar-refractivity contribution in [3.05, 3.63) is 30.2 Å². The normalized spacial score (nSPS) is 33.9. The van der Waals surface area contributed by atoms with Crippen LogP contribution in [0.3, 0.4) is 0 Å². The van der Waals surface area contributed by atoms with Gasteiger partial charge in [0, 0.05) is 6.04 Å². The number of fused-ring (bicyclic) bond motifs is 1. The molecule has 4 aliphatic carbocycles. The zero-order valence-electron chi connectivity index (χ0n) is 16.6. The highest BCUT2D eigenvalue weighted by Crippen LogP contribution is 2.55. The molecule has 0 N–H and O–H groups in total. The minimum Gasteiger partial charge on any atom is -0.438 e. The Hall–Kier alpha value is -3.34. The van der Waals surface area contributed by atoms with Crippen LogP contribution in [-0.4, -0.2) is 39.3 Å². The Morgan fingerprint density at radius 3 is 2.06 bits per heavy atom. The monoisotopic (exact) mass is 417 g/mol. The van der Waals surface area contributed by atoms with Crippen LogP contribution in [-0.2, 0) is 24.6 Å². The van der Waals surface area contributed by atoms with Crippen molar-refractivity contribution in [3.63, 3.8) is 0 Å². The summed E-state index contributed by atoms with van der Waals surface area (Å²) in [5.41, 5.74) is -2.08. The maximum Gasteiger partial charge on any atom is 0.300 e. The molecule has 31 heavy (non-hydrogen) atoms. The van der Waals surface area contributed by atoms with E-state index in [4.69, 9.17) is 4.42 Å². The van der Waals surface area contributed by atoms with E-state index < -0.39 is 40.7 Å². The van der Waals surface area contributed by atoms with Gasteiger partial charge in [-0.25, -0.2) is 4.98 Å². The van der Waals surface area contributed by atoms with Crippen LogP contribution in [0.1, 0.15) is 38.0 Å². The van der Waals surface area contributed by atoms with E-state index in [-0.39, 0.29) is 17.4 Å². The van der Waals surface area contributed by atoms with Gasteiger partial charge in [-0.3, -0.25) is 24.1 Å². The Balaban J connectivity index is 1.43. The van der Waals surface area contributed by atoms with Crippen molar-refractivity contribution in [2.24, 2.45) is 23.7 Å². The summed E-state index contributed by atoms with van der Waals surface area (Å²) in [6, 6.07) is 7.69. The van der Waals surface area contributed by atoms with Crippen molar-refractivity contribution in [2.45, 2.75) is 43.6 Å². The summed E-state index contributed by atoms with van der Waals surface area (Å²) in [7, 11) is 0. The highest BCUT2D eigenvalue weighted by atomic mass is 16.4. The Bertz CT molecular complexity index is 1130. The highest BCUT2D eigenvalue weighted by molar-refractivity contribution is 6.62. The quantitative estimate of drug-likeness (QED) is 0.416. The van der Waals surface area contributed by atoms with Gasteiger partial charge in [0.2, 0.25) is 5.89 Å². The lowest BCUT2D eigenvalue weighted by molar-refractivity contribution is -0.172. The predicted octanol–water partition coefficient (Wildman–Crippen LogP) is 1.92. The number of carbonyl (C=O) groups is 4. The fraction of sp³-hybridized carbons (Fsp3) is 0.478. The summed E-state index contributed by atoms with van der Waals surface area (Å²) in [5, 5.41) is 9.88. The molecular weight excluding hydrogens is 398 g/mol. The largest absolute Gasteiger partial charge is 0.438 e. The fourth-order valence-corrected chi connectivity index (χ4v) is 6.70. The number of ketones is 2. The van der Waals surface area contributed by atoms with E-state index in [2.05, 4.69) is 4.98 Å². The Kier molecular flexibility index (Phi) is 3.62. The number of benzene rings is 1. The van der Waals surface area contributed by atoms with Gasteiger partial charge in [0.05, 0.1) is 6.07 Å². The number of amides is 2. The second-order valence-electron chi connectivity index (χ2n) is 9.41. The lowest BCUT2D eigenvalue weighted by Gasteiger charge is -2.56. The average Bonchev–Trinajstić information content (AvgIpc) is 3.19. The van der Waals surface area contributed by atoms with Crippen LogP contribution < -0.4 is 0 Å². The third kappa shape index (κ3) is 2.26. The van der Waals surface area contributed by atoms with E-state index in [1.54, 1.807) is 30.3 Å². The first kappa shape index (κ1) is 18.4. The van der Waals surface area contributed by atoms with Crippen molar-refractivity contribution in [1.82, 2.24) is 9.88 Å². The number of nitriles is 1. The Labute approximate surface area is 177 Å². The molecule has 0 radical (unpaired) electrons. The van der Waals surface area contributed by atoms with Crippen LogP contribution >= 0.6 is 0 Å². The van der Waals surface area contributed by atoms with Gasteiger partial charge in [0.25, 0.3) is 28.8 Å². The van der Waals surface area contributed by atoms with E-state index in [0.717, 1.165) is 30.6 Å². The van der Waals surface area contributed by atoms with E-state index in [1.165, 1.54) is 6.42 Å². The third-order valence-corrected chi connectivity index (χ3v) is 7.76. The van der Waals surface area contributed by atoms with Crippen molar-refractivity contribution in [1.29, 1.82) is 5.26 Å². The molecule has 0 spiro atoms. The molecule has 0 unspecified atom stereocenters. The molecule has 2 heterocycles. The molecule has 156 valence electrons. The summed E-state index contributed by atoms with van der Waals surface area (Å²) >= 11 is 0. The maximum absolute atomic E-state index is 13.3. The number of rotatable bonds is 2. The zero-order valence-corrected chi connectivity index (χ0v) is 16.6. The van der Waals surface area contributed by atoms with Crippen molar-refractivity contribution >= 4 is 34.5 Å². The molecule has 1 saturated heterocycles. The first-order chi connectivity index (χ1) is 14.9. The summed E-state index contributed by atoms with van der Waals surface area (Å²) in [6.07, 6.45) is 4.82. The zero-order chi connectivity index (χ0) is 21.5. The molecule has 4 saturated carbocycles. The van der Waals surface area contributed by atoms with Gasteiger partial charge in [0.15, 0.2) is 5.58 Å². The smallest absolute Gasteiger partial charge is 0.300 e. The summed E-state index contributed by atoms with van der Waals surface area (Å²) in [4.78, 5) is 58.0. The van der Waals surface area contributed by atoms with Crippen LogP contribution in [0.4, 0.5) is 0 Å². The number of para-hydroxylation sites is 2. The Morgan fingerprint density at radius 1 is 0.935 bits per heavy atom. The number of oxazole rings is 1. The van der Waals surface area contributed by atoms with E-state index in [0.29, 0.717) is 17.4 Å². The molecule has 5 aliphatic rings. The van der Waals surface area contributed by atoms with Gasteiger partial charge < -0.3 is 4.42 Å².